The molecule has 3 nitrogen and oxygen atoms in total. The van der Waals surface area contributed by atoms with Crippen LogP contribution in [0.4, 0.5) is 0 Å². The van der Waals surface area contributed by atoms with Gasteiger partial charge in [0.2, 0.25) is 0 Å². The summed E-state index contributed by atoms with van der Waals surface area (Å²) in [5, 5.41) is 12.3. The average Bonchev–Trinajstić information content (AvgIpc) is 2.59. The maximum Gasteiger partial charge on any atom is 0.134 e. The molecule has 1 N–H and O–H groups in total. The number of rotatable bonds is 1. The van der Waals surface area contributed by atoms with Gasteiger partial charge in [0.1, 0.15) is 10.5 Å². The molecule has 1 aliphatic rings. The highest BCUT2D eigenvalue weighted by Crippen LogP contribution is 2.23. The largest absolute Gasteiger partial charge is 0.308 e. The minimum Gasteiger partial charge on any atom is -0.308 e. The van der Waals surface area contributed by atoms with Crippen LogP contribution in [0.5, 0.6) is 0 Å². The molecular formula is C6H10ClN3S. The van der Waals surface area contributed by atoms with Crippen molar-refractivity contribution in [3.63, 3.8) is 0 Å². The van der Waals surface area contributed by atoms with Gasteiger partial charge in [0.25, 0.3) is 0 Å². The zero-order valence-electron chi connectivity index (χ0n) is 5.99. The van der Waals surface area contributed by atoms with Crippen molar-refractivity contribution in [2.75, 3.05) is 6.54 Å². The summed E-state index contributed by atoms with van der Waals surface area (Å²) in [5.41, 5.74) is 1.79. The summed E-state index contributed by atoms with van der Waals surface area (Å²) in [4.78, 5) is 0. The second kappa shape index (κ2) is 3.99. The van der Waals surface area contributed by atoms with Crippen molar-refractivity contribution in [1.29, 1.82) is 0 Å². The molecule has 1 unspecified atom stereocenters. The van der Waals surface area contributed by atoms with Crippen molar-refractivity contribution in [2.24, 2.45) is 0 Å². The molecule has 0 spiro atoms. The van der Waals surface area contributed by atoms with Gasteiger partial charge in [-0.15, -0.1) is 33.9 Å². The molecule has 1 aromatic heterocycles. The van der Waals surface area contributed by atoms with Crippen molar-refractivity contribution in [3.05, 3.63) is 10.5 Å². The Kier molecular flexibility index (Phi) is 3.23. The zero-order valence-corrected chi connectivity index (χ0v) is 7.62. The van der Waals surface area contributed by atoms with Crippen LogP contribution in [-0.2, 0) is 0 Å². The third kappa shape index (κ3) is 1.89. The number of hydrogen-bond acceptors (Lipinski definition) is 4. The Morgan fingerprint density at radius 1 is 1.64 bits per heavy atom. The number of hydrogen-bond donors (Lipinski definition) is 1. The van der Waals surface area contributed by atoms with Gasteiger partial charge < -0.3 is 5.32 Å². The van der Waals surface area contributed by atoms with Crippen LogP contribution in [0, 0.1) is 0 Å². The number of aromatic nitrogens is 2. The van der Waals surface area contributed by atoms with E-state index in [1.54, 1.807) is 16.8 Å². The quantitative estimate of drug-likeness (QED) is 0.729. The maximum atomic E-state index is 4.00. The fourth-order valence-corrected chi connectivity index (χ4v) is 1.89. The summed E-state index contributed by atoms with van der Waals surface area (Å²) in [5.74, 6) is 0. The molecule has 0 radical (unpaired) electrons. The van der Waals surface area contributed by atoms with Gasteiger partial charge >= 0.3 is 0 Å². The summed E-state index contributed by atoms with van der Waals surface area (Å²) in [7, 11) is 0. The minimum absolute atomic E-state index is 0. The van der Waals surface area contributed by atoms with Gasteiger partial charge in [-0.1, -0.05) is 0 Å². The van der Waals surface area contributed by atoms with E-state index in [2.05, 4.69) is 15.5 Å². The lowest BCUT2D eigenvalue weighted by atomic mass is 10.2. The van der Waals surface area contributed by atoms with E-state index in [0.29, 0.717) is 6.04 Å². The molecule has 2 rings (SSSR count). The Bertz CT molecular complexity index is 196. The Morgan fingerprint density at radius 2 is 2.55 bits per heavy atom. The lowest BCUT2D eigenvalue weighted by molar-refractivity contribution is 0.635. The number of halogens is 1. The summed E-state index contributed by atoms with van der Waals surface area (Å²) in [6, 6.07) is 0.493. The molecule has 1 atom stereocenters. The highest BCUT2D eigenvalue weighted by Gasteiger charge is 2.18. The second-order valence-corrected chi connectivity index (χ2v) is 3.29. The van der Waals surface area contributed by atoms with Crippen molar-refractivity contribution >= 4 is 23.7 Å². The molecule has 0 amide bonds. The molecule has 1 aromatic rings. The van der Waals surface area contributed by atoms with E-state index in [1.165, 1.54) is 12.8 Å². The molecule has 2 heterocycles. The van der Waals surface area contributed by atoms with Gasteiger partial charge in [-0.3, -0.25) is 0 Å². The molecule has 62 valence electrons. The van der Waals surface area contributed by atoms with Gasteiger partial charge in [-0.05, 0) is 19.4 Å². The van der Waals surface area contributed by atoms with Crippen molar-refractivity contribution < 1.29 is 0 Å². The van der Waals surface area contributed by atoms with Crippen molar-refractivity contribution in [3.8, 4) is 0 Å². The smallest absolute Gasteiger partial charge is 0.134 e. The Morgan fingerprint density at radius 3 is 3.09 bits per heavy atom. The van der Waals surface area contributed by atoms with E-state index in [1.807, 2.05) is 0 Å². The summed E-state index contributed by atoms with van der Waals surface area (Å²) >= 11 is 1.64. The van der Waals surface area contributed by atoms with Crippen LogP contribution in [0.1, 0.15) is 23.9 Å². The molecule has 0 saturated carbocycles. The molecule has 0 aromatic carbocycles. The van der Waals surface area contributed by atoms with Crippen molar-refractivity contribution in [1.82, 2.24) is 15.5 Å². The molecule has 1 fully saturated rings. The third-order valence-corrected chi connectivity index (χ3v) is 2.54. The average molecular weight is 192 g/mol. The zero-order chi connectivity index (χ0) is 6.81. The van der Waals surface area contributed by atoms with Crippen LogP contribution in [0.3, 0.4) is 0 Å². The minimum atomic E-state index is 0. The fraction of sp³-hybridized carbons (Fsp3) is 0.667. The Hall–Kier alpha value is -0.190. The van der Waals surface area contributed by atoms with Crippen molar-refractivity contribution in [2.45, 2.75) is 18.9 Å². The molecule has 5 heteroatoms. The van der Waals surface area contributed by atoms with Gasteiger partial charge in [-0.2, -0.15) is 0 Å². The predicted molar refractivity (Wildman–Crippen MR) is 47.1 cm³/mol. The standard InChI is InChI=1S/C6H9N3S.ClH/c1-2-5(7-3-1)6-9-8-4-10-6;/h4-5,7H,1-3H2;1H. The fourth-order valence-electron chi connectivity index (χ4n) is 1.23. The lowest BCUT2D eigenvalue weighted by Gasteiger charge is -2.02. The Labute approximate surface area is 75.6 Å². The van der Waals surface area contributed by atoms with Gasteiger partial charge in [0, 0.05) is 0 Å². The van der Waals surface area contributed by atoms with E-state index in [9.17, 15) is 0 Å². The topological polar surface area (TPSA) is 37.8 Å². The number of nitrogens with one attached hydrogen (secondary N) is 1. The summed E-state index contributed by atoms with van der Waals surface area (Å²) < 4.78 is 0. The van der Waals surface area contributed by atoms with Gasteiger partial charge in [0.15, 0.2) is 0 Å². The maximum absolute atomic E-state index is 4.00. The van der Waals surface area contributed by atoms with Crippen LogP contribution in [0.25, 0.3) is 0 Å². The van der Waals surface area contributed by atoms with E-state index in [4.69, 9.17) is 0 Å². The molecule has 1 saturated heterocycles. The van der Waals surface area contributed by atoms with E-state index < -0.39 is 0 Å². The number of nitrogens with zero attached hydrogens (tertiary/aromatic N) is 2. The second-order valence-electron chi connectivity index (χ2n) is 2.43. The summed E-state index contributed by atoms with van der Waals surface area (Å²) in [6.07, 6.45) is 2.49. The van der Waals surface area contributed by atoms with E-state index in [-0.39, 0.29) is 12.4 Å². The molecule has 11 heavy (non-hydrogen) atoms. The first-order valence-electron chi connectivity index (χ1n) is 3.46. The highest BCUT2D eigenvalue weighted by atomic mass is 35.5. The van der Waals surface area contributed by atoms with E-state index in [0.717, 1.165) is 11.6 Å². The first-order valence-corrected chi connectivity index (χ1v) is 4.34. The molecule has 1 aliphatic heterocycles. The molecule has 0 bridgehead atoms. The van der Waals surface area contributed by atoms with Gasteiger partial charge in [0.05, 0.1) is 6.04 Å². The summed E-state index contributed by atoms with van der Waals surface area (Å²) in [6.45, 7) is 1.13. The van der Waals surface area contributed by atoms with Crippen LogP contribution in [0.15, 0.2) is 5.51 Å². The monoisotopic (exact) mass is 191 g/mol. The van der Waals surface area contributed by atoms with Crippen LogP contribution < -0.4 is 5.32 Å². The Balaban J connectivity index is 0.000000605. The normalized spacial score (nSPS) is 23.1. The van der Waals surface area contributed by atoms with E-state index >= 15 is 0 Å². The first-order chi connectivity index (χ1) is 4.97. The third-order valence-electron chi connectivity index (χ3n) is 1.74. The lowest BCUT2D eigenvalue weighted by Crippen LogP contribution is -2.12. The van der Waals surface area contributed by atoms with Crippen LogP contribution in [-0.4, -0.2) is 16.7 Å². The SMILES string of the molecule is Cl.c1nnc(C2CCCN2)s1. The molecular weight excluding hydrogens is 182 g/mol. The highest BCUT2D eigenvalue weighted by molar-refractivity contribution is 7.09. The predicted octanol–water partition coefficient (Wildman–Crippen LogP) is 1.38. The van der Waals surface area contributed by atoms with Crippen LogP contribution in [0.2, 0.25) is 0 Å². The van der Waals surface area contributed by atoms with Gasteiger partial charge in [-0.25, -0.2) is 0 Å². The molecule has 0 aliphatic carbocycles. The van der Waals surface area contributed by atoms with Crippen LogP contribution >= 0.6 is 23.7 Å². The first kappa shape index (κ1) is 8.90.